The van der Waals surface area contributed by atoms with Crippen molar-refractivity contribution in [2.75, 3.05) is 18.0 Å². The van der Waals surface area contributed by atoms with E-state index < -0.39 is 0 Å². The molecule has 0 spiro atoms. The third-order valence-electron chi connectivity index (χ3n) is 3.46. The highest BCUT2D eigenvalue weighted by molar-refractivity contribution is 7.10. The molecule has 21 heavy (non-hydrogen) atoms. The largest absolute Gasteiger partial charge is 0.367 e. The summed E-state index contributed by atoms with van der Waals surface area (Å²) in [4.78, 5) is 2.15. The molecule has 2 heterocycles. The lowest BCUT2D eigenvalue weighted by Crippen LogP contribution is -2.42. The molecular weight excluding hydrogens is 306 g/mol. The molecule has 0 saturated carbocycles. The Morgan fingerprint density at radius 3 is 2.86 bits per heavy atom. The topological polar surface area (TPSA) is 49.2 Å². The van der Waals surface area contributed by atoms with Crippen LogP contribution in [0.1, 0.15) is 24.2 Å². The van der Waals surface area contributed by atoms with Gasteiger partial charge in [-0.2, -0.15) is 9.64 Å². The predicted octanol–water partition coefficient (Wildman–Crippen LogP) is 3.63. The van der Waals surface area contributed by atoms with E-state index in [4.69, 9.17) is 16.3 Å². The first kappa shape index (κ1) is 14.3. The Morgan fingerprint density at radius 1 is 1.38 bits per heavy atom. The van der Waals surface area contributed by atoms with Crippen LogP contribution < -0.4 is 4.90 Å². The van der Waals surface area contributed by atoms with Crippen molar-refractivity contribution in [3.63, 3.8) is 0 Å². The van der Waals surface area contributed by atoms with Crippen LogP contribution in [-0.4, -0.2) is 23.6 Å². The Morgan fingerprint density at radius 2 is 2.14 bits per heavy atom. The fraction of sp³-hybridized carbons (Fsp3) is 0.333. The fourth-order valence-corrected chi connectivity index (χ4v) is 3.59. The van der Waals surface area contributed by atoms with E-state index in [0.29, 0.717) is 12.1 Å². The van der Waals surface area contributed by atoms with E-state index in [2.05, 4.69) is 27.5 Å². The highest BCUT2D eigenvalue weighted by Crippen LogP contribution is 2.35. The molecule has 0 unspecified atom stereocenters. The molecule has 2 atom stereocenters. The van der Waals surface area contributed by atoms with Gasteiger partial charge in [0.25, 0.3) is 0 Å². The second-order valence-electron chi connectivity index (χ2n) is 5.02. The highest BCUT2D eigenvalue weighted by atomic mass is 35.5. The van der Waals surface area contributed by atoms with Gasteiger partial charge in [0.2, 0.25) is 0 Å². The fourth-order valence-electron chi connectivity index (χ4n) is 2.54. The van der Waals surface area contributed by atoms with Crippen molar-refractivity contribution in [1.29, 1.82) is 5.26 Å². The maximum Gasteiger partial charge on any atom is 0.162 e. The molecule has 1 aliphatic heterocycles. The van der Waals surface area contributed by atoms with Gasteiger partial charge in [0, 0.05) is 13.1 Å². The molecule has 0 bridgehead atoms. The summed E-state index contributed by atoms with van der Waals surface area (Å²) in [6, 6.07) is 12.3. The molecule has 108 valence electrons. The SMILES string of the molecule is C[C@@H]1CN(c2snc(Cl)c2C#N)C[C@H](c2ccccc2)O1. The van der Waals surface area contributed by atoms with Gasteiger partial charge >= 0.3 is 0 Å². The molecule has 0 amide bonds. The van der Waals surface area contributed by atoms with E-state index in [1.807, 2.05) is 25.1 Å². The third kappa shape index (κ3) is 2.88. The van der Waals surface area contributed by atoms with Gasteiger partial charge in [-0.15, -0.1) is 0 Å². The zero-order chi connectivity index (χ0) is 14.8. The number of hydrogen-bond acceptors (Lipinski definition) is 5. The zero-order valence-corrected chi connectivity index (χ0v) is 13.1. The Balaban J connectivity index is 1.88. The third-order valence-corrected chi connectivity index (χ3v) is 4.75. The molecule has 1 aliphatic rings. The van der Waals surface area contributed by atoms with Crippen LogP contribution in [0.25, 0.3) is 0 Å². The van der Waals surface area contributed by atoms with E-state index >= 15 is 0 Å². The number of rotatable bonds is 2. The normalized spacial score (nSPS) is 22.0. The van der Waals surface area contributed by atoms with Crippen LogP contribution in [-0.2, 0) is 4.74 Å². The smallest absolute Gasteiger partial charge is 0.162 e. The maximum atomic E-state index is 9.24. The summed E-state index contributed by atoms with van der Waals surface area (Å²) in [7, 11) is 0. The monoisotopic (exact) mass is 319 g/mol. The standard InChI is InChI=1S/C15H14ClN3OS/c1-10-8-19(15-12(7-17)14(16)18-21-15)9-13(20-10)11-5-3-2-4-6-11/h2-6,10,13H,8-9H2,1H3/t10-,13-/m1/s1. The van der Waals surface area contributed by atoms with Crippen molar-refractivity contribution < 1.29 is 4.74 Å². The number of anilines is 1. The van der Waals surface area contributed by atoms with Crippen LogP contribution in [0.4, 0.5) is 5.00 Å². The second kappa shape index (κ2) is 6.02. The summed E-state index contributed by atoms with van der Waals surface area (Å²) < 4.78 is 10.1. The van der Waals surface area contributed by atoms with Crippen molar-refractivity contribution in [3.05, 3.63) is 46.6 Å². The first-order chi connectivity index (χ1) is 10.2. The average Bonchev–Trinajstić information content (AvgIpc) is 2.88. The Labute approximate surface area is 132 Å². The van der Waals surface area contributed by atoms with E-state index in [9.17, 15) is 5.26 Å². The van der Waals surface area contributed by atoms with Gasteiger partial charge in [-0.05, 0) is 24.0 Å². The lowest BCUT2D eigenvalue weighted by atomic mass is 10.1. The van der Waals surface area contributed by atoms with Crippen molar-refractivity contribution in [3.8, 4) is 6.07 Å². The maximum absolute atomic E-state index is 9.24. The Kier molecular flexibility index (Phi) is 4.11. The average molecular weight is 320 g/mol. The van der Waals surface area contributed by atoms with Crippen molar-refractivity contribution >= 4 is 28.1 Å². The number of ether oxygens (including phenoxy) is 1. The number of aromatic nitrogens is 1. The molecule has 1 aromatic heterocycles. The van der Waals surface area contributed by atoms with Crippen LogP contribution in [0.15, 0.2) is 30.3 Å². The van der Waals surface area contributed by atoms with Gasteiger partial charge in [-0.1, -0.05) is 41.9 Å². The lowest BCUT2D eigenvalue weighted by Gasteiger charge is -2.37. The lowest BCUT2D eigenvalue weighted by molar-refractivity contribution is -0.0171. The molecule has 6 heteroatoms. The summed E-state index contributed by atoms with van der Waals surface area (Å²) in [6.07, 6.45) is 0.0683. The summed E-state index contributed by atoms with van der Waals surface area (Å²) in [6.45, 7) is 3.47. The minimum Gasteiger partial charge on any atom is -0.367 e. The number of morpholine rings is 1. The van der Waals surface area contributed by atoms with Crippen LogP contribution in [0.5, 0.6) is 0 Å². The van der Waals surface area contributed by atoms with Crippen molar-refractivity contribution in [1.82, 2.24) is 4.37 Å². The molecule has 1 fully saturated rings. The first-order valence-corrected chi connectivity index (χ1v) is 7.84. The summed E-state index contributed by atoms with van der Waals surface area (Å²) in [5, 5.41) is 10.4. The van der Waals surface area contributed by atoms with Crippen LogP contribution in [0, 0.1) is 11.3 Å². The van der Waals surface area contributed by atoms with Gasteiger partial charge in [-0.3, -0.25) is 0 Å². The molecule has 2 aromatic rings. The minimum absolute atomic E-state index is 0.0117. The van der Waals surface area contributed by atoms with Gasteiger partial charge in [0.1, 0.15) is 22.7 Å². The molecule has 0 aliphatic carbocycles. The van der Waals surface area contributed by atoms with Crippen LogP contribution >= 0.6 is 23.1 Å². The molecule has 3 rings (SSSR count). The predicted molar refractivity (Wildman–Crippen MR) is 83.8 cm³/mol. The molecule has 4 nitrogen and oxygen atoms in total. The quantitative estimate of drug-likeness (QED) is 0.848. The van der Waals surface area contributed by atoms with Crippen molar-refractivity contribution in [2.24, 2.45) is 0 Å². The van der Waals surface area contributed by atoms with Gasteiger partial charge < -0.3 is 9.64 Å². The van der Waals surface area contributed by atoms with E-state index in [1.165, 1.54) is 11.5 Å². The van der Waals surface area contributed by atoms with Crippen LogP contribution in [0.2, 0.25) is 5.15 Å². The number of hydrogen-bond donors (Lipinski definition) is 0. The van der Waals surface area contributed by atoms with Crippen LogP contribution in [0.3, 0.4) is 0 Å². The molecule has 1 aromatic carbocycles. The molecular formula is C15H14ClN3OS. The van der Waals surface area contributed by atoms with Gasteiger partial charge in [-0.25, -0.2) is 0 Å². The minimum atomic E-state index is -0.0117. The zero-order valence-electron chi connectivity index (χ0n) is 11.5. The molecule has 0 radical (unpaired) electrons. The number of nitriles is 1. The highest BCUT2D eigenvalue weighted by Gasteiger charge is 2.29. The number of nitrogens with zero attached hydrogens (tertiary/aromatic N) is 3. The summed E-state index contributed by atoms with van der Waals surface area (Å²) >= 11 is 7.25. The van der Waals surface area contributed by atoms with Crippen molar-refractivity contribution in [2.45, 2.75) is 19.1 Å². The number of halogens is 1. The Bertz CT molecular complexity index is 667. The number of benzene rings is 1. The van der Waals surface area contributed by atoms with E-state index in [1.54, 1.807) is 0 Å². The summed E-state index contributed by atoms with van der Waals surface area (Å²) in [5.74, 6) is 0. The van der Waals surface area contributed by atoms with Gasteiger partial charge in [0.05, 0.1) is 6.10 Å². The second-order valence-corrected chi connectivity index (χ2v) is 6.13. The summed E-state index contributed by atoms with van der Waals surface area (Å²) in [5.41, 5.74) is 1.60. The van der Waals surface area contributed by atoms with Gasteiger partial charge in [0.15, 0.2) is 5.15 Å². The van der Waals surface area contributed by atoms with E-state index in [0.717, 1.165) is 17.1 Å². The first-order valence-electron chi connectivity index (χ1n) is 6.69. The Hall–Kier alpha value is -1.61. The van der Waals surface area contributed by atoms with E-state index in [-0.39, 0.29) is 17.4 Å². The molecule has 1 saturated heterocycles. The molecule has 0 N–H and O–H groups in total.